The molecule has 0 heterocycles. The average Bonchev–Trinajstić information content (AvgIpc) is 2.70. The van der Waals surface area contributed by atoms with Crippen LogP contribution in [0.5, 0.6) is 11.5 Å². The molecule has 1 aromatic rings. The first-order valence-electron chi connectivity index (χ1n) is 8.76. The van der Waals surface area contributed by atoms with Crippen LogP contribution in [0.3, 0.4) is 0 Å². The van der Waals surface area contributed by atoms with Gasteiger partial charge in [-0.2, -0.15) is 52.7 Å². The van der Waals surface area contributed by atoms with E-state index in [1.807, 2.05) is 0 Å². The molecule has 0 spiro atoms. The fourth-order valence-electron chi connectivity index (χ4n) is 2.16. The zero-order valence-electron chi connectivity index (χ0n) is 17.4. The summed E-state index contributed by atoms with van der Waals surface area (Å²) < 4.78 is 162. The van der Waals surface area contributed by atoms with Gasteiger partial charge in [-0.15, -0.1) is 0 Å². The highest BCUT2D eigenvalue weighted by molar-refractivity contribution is 5.82. The molecule has 37 heavy (non-hydrogen) atoms. The van der Waals surface area contributed by atoms with Crippen molar-refractivity contribution in [3.63, 3.8) is 0 Å². The molecule has 1 aromatic carbocycles. The van der Waals surface area contributed by atoms with Gasteiger partial charge in [0, 0.05) is 7.05 Å². The second-order valence-corrected chi connectivity index (χ2v) is 6.56. The van der Waals surface area contributed by atoms with E-state index in [0.717, 1.165) is 0 Å². The highest BCUT2D eigenvalue weighted by atomic mass is 19.4. The molecule has 208 valence electrons. The third-order valence-corrected chi connectivity index (χ3v) is 3.72. The monoisotopic (exact) mass is 567 g/mol. The van der Waals surface area contributed by atoms with Crippen molar-refractivity contribution in [2.45, 2.75) is 30.8 Å². The fraction of sp³-hybridized carbons (Fsp3) is 0.412. The van der Waals surface area contributed by atoms with Crippen LogP contribution in [0.15, 0.2) is 18.2 Å². The maximum Gasteiger partial charge on any atom is 0.491 e. The molecule has 20 heteroatoms. The topological polar surface area (TPSA) is 99.2 Å². The van der Waals surface area contributed by atoms with Gasteiger partial charge in [-0.3, -0.25) is 4.79 Å². The Hall–Kier alpha value is -3.74. The molecule has 0 aromatic heterocycles. The Bertz CT molecular complexity index is 1040. The van der Waals surface area contributed by atoms with Gasteiger partial charge in [0.2, 0.25) is 0 Å². The van der Waals surface area contributed by atoms with Crippen molar-refractivity contribution in [2.75, 3.05) is 13.6 Å². The molecule has 0 fully saturated rings. The summed E-state index contributed by atoms with van der Waals surface area (Å²) >= 11 is 0. The zero-order valence-corrected chi connectivity index (χ0v) is 17.4. The number of benzene rings is 1. The van der Waals surface area contributed by atoms with E-state index in [-0.39, 0.29) is 17.0 Å². The minimum Gasteiger partial charge on any atom is -0.449 e. The van der Waals surface area contributed by atoms with E-state index in [1.165, 1.54) is 0 Å². The number of esters is 3. The SMILES string of the molecule is CN(CC(OC(=O)C(F)(F)F)c1ccc(OC(=O)C(F)(F)F)c(OC(=O)C(F)(F)F)c1)C(=O)C(F)(F)F. The van der Waals surface area contributed by atoms with Crippen LogP contribution < -0.4 is 9.47 Å². The molecule has 0 aliphatic carbocycles. The van der Waals surface area contributed by atoms with Gasteiger partial charge in [0.1, 0.15) is 6.10 Å². The maximum absolute atomic E-state index is 12.6. The lowest BCUT2D eigenvalue weighted by molar-refractivity contribution is -0.207. The van der Waals surface area contributed by atoms with Gasteiger partial charge in [0.25, 0.3) is 0 Å². The van der Waals surface area contributed by atoms with Gasteiger partial charge in [0.15, 0.2) is 11.5 Å². The zero-order chi connectivity index (χ0) is 29.1. The van der Waals surface area contributed by atoms with E-state index in [4.69, 9.17) is 0 Å². The molecular weight excluding hydrogens is 558 g/mol. The number of hydrogen-bond donors (Lipinski definition) is 0. The summed E-state index contributed by atoms with van der Waals surface area (Å²) in [5.41, 5.74) is -1.03. The minimum atomic E-state index is -5.82. The number of alkyl halides is 12. The molecule has 1 amide bonds. The van der Waals surface area contributed by atoms with Gasteiger partial charge in [0.05, 0.1) is 6.54 Å². The predicted molar refractivity (Wildman–Crippen MR) is 88.4 cm³/mol. The third kappa shape index (κ3) is 9.01. The third-order valence-electron chi connectivity index (χ3n) is 3.72. The van der Waals surface area contributed by atoms with Gasteiger partial charge in [-0.05, 0) is 17.7 Å². The van der Waals surface area contributed by atoms with Crippen LogP contribution in [0.2, 0.25) is 0 Å². The van der Waals surface area contributed by atoms with Crippen LogP contribution in [0, 0.1) is 0 Å². The van der Waals surface area contributed by atoms with E-state index >= 15 is 0 Å². The highest BCUT2D eigenvalue weighted by Gasteiger charge is 2.46. The first-order chi connectivity index (χ1) is 16.4. The molecule has 1 unspecified atom stereocenters. The smallest absolute Gasteiger partial charge is 0.449 e. The van der Waals surface area contributed by atoms with Crippen LogP contribution >= 0.6 is 0 Å². The van der Waals surface area contributed by atoms with Crippen molar-refractivity contribution >= 4 is 23.8 Å². The second-order valence-electron chi connectivity index (χ2n) is 6.56. The van der Waals surface area contributed by atoms with E-state index in [9.17, 15) is 71.9 Å². The summed E-state index contributed by atoms with van der Waals surface area (Å²) in [5.74, 6) is -15.2. The lowest BCUT2D eigenvalue weighted by Gasteiger charge is -2.26. The normalized spacial score (nSPS) is 13.4. The first kappa shape index (κ1) is 31.3. The number of carbonyl (C=O) groups is 4. The Balaban J connectivity index is 3.58. The van der Waals surface area contributed by atoms with Crippen LogP contribution in [-0.4, -0.2) is 67.0 Å². The molecule has 1 atom stereocenters. The van der Waals surface area contributed by atoms with Crippen molar-refractivity contribution < 1.29 is 86.1 Å². The number of carbonyl (C=O) groups excluding carboxylic acids is 4. The van der Waals surface area contributed by atoms with Gasteiger partial charge < -0.3 is 19.1 Å². The summed E-state index contributed by atoms with van der Waals surface area (Å²) in [5, 5.41) is 0. The molecule has 0 bridgehead atoms. The van der Waals surface area contributed by atoms with Crippen molar-refractivity contribution in [3.8, 4) is 11.5 Å². The number of ether oxygens (including phenoxy) is 3. The Morgan fingerprint density at radius 2 is 1.14 bits per heavy atom. The summed E-state index contributed by atoms with van der Waals surface area (Å²) in [6.07, 6.45) is -25.5. The highest BCUT2D eigenvalue weighted by Crippen LogP contribution is 2.36. The van der Waals surface area contributed by atoms with Crippen molar-refractivity contribution in [1.82, 2.24) is 4.90 Å². The van der Waals surface area contributed by atoms with Crippen molar-refractivity contribution in [2.24, 2.45) is 0 Å². The standard InChI is InChI=1S/C17H9F12NO7/c1-30(10(31)14(18,19)20)5-9(37-13(34)17(27,28)29)6-2-3-7(35-11(32)15(21,22)23)8(4-6)36-12(33)16(24,25)26/h2-4,9H,5H2,1H3. The van der Waals surface area contributed by atoms with Gasteiger partial charge in [-0.1, -0.05) is 6.07 Å². The van der Waals surface area contributed by atoms with Crippen LogP contribution in [0.1, 0.15) is 11.7 Å². The summed E-state index contributed by atoms with van der Waals surface area (Å²) in [6, 6.07) is 0.477. The van der Waals surface area contributed by atoms with Gasteiger partial charge in [-0.25, -0.2) is 14.4 Å². The lowest BCUT2D eigenvalue weighted by Crippen LogP contribution is -2.41. The van der Waals surface area contributed by atoms with Crippen molar-refractivity contribution in [1.29, 1.82) is 0 Å². The van der Waals surface area contributed by atoms with E-state index in [1.54, 1.807) is 0 Å². The summed E-state index contributed by atoms with van der Waals surface area (Å²) in [6.45, 7) is -1.55. The average molecular weight is 567 g/mol. The Morgan fingerprint density at radius 3 is 1.54 bits per heavy atom. The molecule has 0 aliphatic rings. The lowest BCUT2D eigenvalue weighted by atomic mass is 10.1. The van der Waals surface area contributed by atoms with E-state index in [2.05, 4.69) is 14.2 Å². The van der Waals surface area contributed by atoms with Crippen LogP contribution in [0.4, 0.5) is 52.7 Å². The van der Waals surface area contributed by atoms with Crippen LogP contribution in [-0.2, 0) is 23.9 Å². The molecule has 0 aliphatic heterocycles. The molecule has 0 N–H and O–H groups in total. The fourth-order valence-corrected chi connectivity index (χ4v) is 2.16. The van der Waals surface area contributed by atoms with Crippen molar-refractivity contribution in [3.05, 3.63) is 23.8 Å². The molecular formula is C17H9F12NO7. The second kappa shape index (κ2) is 10.7. The Morgan fingerprint density at radius 1 is 0.703 bits per heavy atom. The Labute approximate surface area is 195 Å². The van der Waals surface area contributed by atoms with E-state index < -0.39 is 78.2 Å². The summed E-state index contributed by atoms with van der Waals surface area (Å²) in [4.78, 5) is 44.3. The molecule has 0 saturated carbocycles. The number of hydrogen-bond acceptors (Lipinski definition) is 7. The van der Waals surface area contributed by atoms with Crippen LogP contribution in [0.25, 0.3) is 0 Å². The molecule has 8 nitrogen and oxygen atoms in total. The number of amides is 1. The number of likely N-dealkylation sites (N-methyl/N-ethyl adjacent to an activating group) is 1. The summed E-state index contributed by atoms with van der Waals surface area (Å²) in [7, 11) is 0.369. The minimum absolute atomic E-state index is 0.00283. The predicted octanol–water partition coefficient (Wildman–Crippen LogP) is 3.79. The molecule has 0 radical (unpaired) electrons. The number of rotatable bonds is 6. The maximum atomic E-state index is 12.6. The molecule has 1 rings (SSSR count). The van der Waals surface area contributed by atoms with Gasteiger partial charge >= 0.3 is 48.5 Å². The number of halogens is 12. The largest absolute Gasteiger partial charge is 0.491 e. The van der Waals surface area contributed by atoms with E-state index in [0.29, 0.717) is 13.1 Å². The first-order valence-corrected chi connectivity index (χ1v) is 8.76. The molecule has 0 saturated heterocycles. The number of nitrogens with zero attached hydrogens (tertiary/aromatic N) is 1. The Kier molecular flexibility index (Phi) is 9.05. The quantitative estimate of drug-likeness (QED) is 0.293.